The first kappa shape index (κ1) is 18.0. The van der Waals surface area contributed by atoms with Crippen LogP contribution in [0.15, 0.2) is 113 Å². The summed E-state index contributed by atoms with van der Waals surface area (Å²) in [5.74, 6) is -0.0661. The van der Waals surface area contributed by atoms with Crippen molar-refractivity contribution in [3.05, 3.63) is 114 Å². The van der Waals surface area contributed by atoms with E-state index in [0.717, 1.165) is 16.9 Å². The molecule has 1 aliphatic rings. The van der Waals surface area contributed by atoms with Crippen LogP contribution in [-0.4, -0.2) is 11.1 Å². The lowest BCUT2D eigenvalue weighted by Crippen LogP contribution is -2.28. The number of hydrogen-bond acceptors (Lipinski definition) is 3. The van der Waals surface area contributed by atoms with Crippen LogP contribution in [0.3, 0.4) is 0 Å². The molecule has 0 bridgehead atoms. The van der Waals surface area contributed by atoms with Gasteiger partial charge in [0, 0.05) is 0 Å². The lowest BCUT2D eigenvalue weighted by Gasteiger charge is -2.15. The molecule has 3 aromatic carbocycles. The minimum atomic E-state index is -0.0661. The van der Waals surface area contributed by atoms with Gasteiger partial charge in [-0.05, 0) is 47.7 Å². The first-order valence-corrected chi connectivity index (χ1v) is 9.77. The molecule has 0 atom stereocenters. The topological polar surface area (TPSA) is 32.7 Å². The van der Waals surface area contributed by atoms with E-state index in [0.29, 0.717) is 10.1 Å². The van der Waals surface area contributed by atoms with Crippen LogP contribution in [0.4, 0.5) is 11.4 Å². The maximum Gasteiger partial charge on any atom is 0.271 e. The molecule has 4 heteroatoms. The van der Waals surface area contributed by atoms with E-state index in [1.54, 1.807) is 4.90 Å². The molecular weight excluding hydrogens is 364 g/mol. The van der Waals surface area contributed by atoms with Gasteiger partial charge in [0.25, 0.3) is 5.91 Å². The number of nitrogens with zero attached hydrogens (tertiary/aromatic N) is 2. The van der Waals surface area contributed by atoms with Crippen molar-refractivity contribution in [3.63, 3.8) is 0 Å². The van der Waals surface area contributed by atoms with Gasteiger partial charge in [0.1, 0.15) is 0 Å². The largest absolute Gasteiger partial charge is 0.271 e. The number of para-hydroxylation sites is 2. The average molecular weight is 382 g/mol. The normalized spacial score (nSPS) is 17.1. The van der Waals surface area contributed by atoms with E-state index >= 15 is 0 Å². The summed E-state index contributed by atoms with van der Waals surface area (Å²) < 4.78 is 0. The van der Waals surface area contributed by atoms with Gasteiger partial charge in [0.15, 0.2) is 5.17 Å². The monoisotopic (exact) mass is 382 g/mol. The quantitative estimate of drug-likeness (QED) is 0.515. The third-order valence-corrected chi connectivity index (χ3v) is 5.12. The molecular formula is C24H18N2OS. The molecule has 1 heterocycles. The third-order valence-electron chi connectivity index (χ3n) is 4.14. The second kappa shape index (κ2) is 8.55. The third kappa shape index (κ3) is 4.13. The number of carbonyl (C=O) groups is 1. The molecule has 1 saturated heterocycles. The lowest BCUT2D eigenvalue weighted by atomic mass is 10.2. The highest BCUT2D eigenvalue weighted by Crippen LogP contribution is 2.36. The van der Waals surface area contributed by atoms with Crippen molar-refractivity contribution in [1.82, 2.24) is 0 Å². The Hall–Kier alpha value is -3.37. The summed E-state index contributed by atoms with van der Waals surface area (Å²) in [6.45, 7) is 0. The van der Waals surface area contributed by atoms with E-state index in [1.807, 2.05) is 109 Å². The number of amidine groups is 1. The summed E-state index contributed by atoms with van der Waals surface area (Å²) in [5.41, 5.74) is 2.72. The Labute approximate surface area is 168 Å². The summed E-state index contributed by atoms with van der Waals surface area (Å²) in [7, 11) is 0. The van der Waals surface area contributed by atoms with Gasteiger partial charge in [-0.25, -0.2) is 4.99 Å². The minimum Gasteiger partial charge on any atom is -0.268 e. The predicted molar refractivity (Wildman–Crippen MR) is 119 cm³/mol. The lowest BCUT2D eigenvalue weighted by molar-refractivity contribution is -0.113. The van der Waals surface area contributed by atoms with Crippen molar-refractivity contribution in [2.45, 2.75) is 0 Å². The summed E-state index contributed by atoms with van der Waals surface area (Å²) in [4.78, 5) is 20.1. The molecule has 28 heavy (non-hydrogen) atoms. The Bertz CT molecular complexity index is 1040. The van der Waals surface area contributed by atoms with E-state index in [9.17, 15) is 4.79 Å². The fourth-order valence-corrected chi connectivity index (χ4v) is 3.74. The molecule has 0 radical (unpaired) electrons. The fraction of sp³-hybridized carbons (Fsp3) is 0. The molecule has 1 amide bonds. The van der Waals surface area contributed by atoms with Gasteiger partial charge < -0.3 is 0 Å². The van der Waals surface area contributed by atoms with Crippen molar-refractivity contribution in [2.75, 3.05) is 4.90 Å². The smallest absolute Gasteiger partial charge is 0.268 e. The molecule has 0 unspecified atom stereocenters. The number of amides is 1. The Kier molecular flexibility index (Phi) is 5.50. The van der Waals surface area contributed by atoms with Crippen molar-refractivity contribution in [1.29, 1.82) is 0 Å². The number of rotatable bonds is 4. The van der Waals surface area contributed by atoms with Crippen LogP contribution in [0.2, 0.25) is 0 Å². The van der Waals surface area contributed by atoms with Crippen molar-refractivity contribution in [2.24, 2.45) is 4.99 Å². The van der Waals surface area contributed by atoms with Crippen LogP contribution in [0, 0.1) is 0 Å². The number of allylic oxidation sites excluding steroid dienone is 2. The molecule has 1 fully saturated rings. The van der Waals surface area contributed by atoms with Crippen LogP contribution in [0.5, 0.6) is 0 Å². The maximum absolute atomic E-state index is 13.1. The number of anilines is 1. The molecule has 0 saturated carbocycles. The molecule has 0 spiro atoms. The summed E-state index contributed by atoms with van der Waals surface area (Å²) >= 11 is 1.39. The number of thioether (sulfide) groups is 1. The van der Waals surface area contributed by atoms with Gasteiger partial charge in [-0.2, -0.15) is 0 Å². The van der Waals surface area contributed by atoms with Crippen molar-refractivity contribution >= 4 is 40.3 Å². The molecule has 3 aromatic rings. The van der Waals surface area contributed by atoms with E-state index in [2.05, 4.69) is 0 Å². The number of carbonyl (C=O) groups excluding carboxylic acids is 1. The van der Waals surface area contributed by atoms with E-state index in [-0.39, 0.29) is 5.91 Å². The zero-order valence-corrected chi connectivity index (χ0v) is 15.9. The Morgan fingerprint density at radius 3 is 2.07 bits per heavy atom. The zero-order chi connectivity index (χ0) is 19.2. The van der Waals surface area contributed by atoms with Crippen molar-refractivity contribution in [3.8, 4) is 0 Å². The van der Waals surface area contributed by atoms with Gasteiger partial charge in [-0.1, -0.05) is 78.9 Å². The first-order valence-electron chi connectivity index (χ1n) is 8.96. The molecule has 0 aliphatic carbocycles. The SMILES string of the molecule is O=C1/C(=C\C=C\c2ccccc2)SC(=Nc2ccccc2)N1c1ccccc1. The highest BCUT2D eigenvalue weighted by atomic mass is 32.2. The highest BCUT2D eigenvalue weighted by Gasteiger charge is 2.34. The molecule has 136 valence electrons. The van der Waals surface area contributed by atoms with E-state index in [4.69, 9.17) is 4.99 Å². The van der Waals surface area contributed by atoms with E-state index in [1.165, 1.54) is 11.8 Å². The Balaban J connectivity index is 1.67. The summed E-state index contributed by atoms with van der Waals surface area (Å²) in [6, 6.07) is 29.3. The van der Waals surface area contributed by atoms with E-state index < -0.39 is 0 Å². The number of benzene rings is 3. The molecule has 4 rings (SSSR count). The van der Waals surface area contributed by atoms with Crippen LogP contribution >= 0.6 is 11.8 Å². The van der Waals surface area contributed by atoms with Crippen LogP contribution in [-0.2, 0) is 4.79 Å². The molecule has 1 aliphatic heterocycles. The van der Waals surface area contributed by atoms with Crippen LogP contribution in [0.25, 0.3) is 6.08 Å². The fourth-order valence-electron chi connectivity index (χ4n) is 2.79. The number of aliphatic imine (C=N–C) groups is 1. The van der Waals surface area contributed by atoms with Crippen LogP contribution in [0.1, 0.15) is 5.56 Å². The average Bonchev–Trinajstić information content (AvgIpc) is 3.05. The summed E-state index contributed by atoms with van der Waals surface area (Å²) in [6.07, 6.45) is 5.74. The predicted octanol–water partition coefficient (Wildman–Crippen LogP) is 6.05. The number of hydrogen-bond donors (Lipinski definition) is 0. The van der Waals surface area contributed by atoms with Gasteiger partial charge >= 0.3 is 0 Å². The second-order valence-corrected chi connectivity index (χ2v) is 7.12. The van der Waals surface area contributed by atoms with Gasteiger partial charge in [-0.15, -0.1) is 0 Å². The van der Waals surface area contributed by atoms with Gasteiger partial charge in [0.05, 0.1) is 16.3 Å². The zero-order valence-electron chi connectivity index (χ0n) is 15.1. The second-order valence-electron chi connectivity index (χ2n) is 6.11. The maximum atomic E-state index is 13.1. The van der Waals surface area contributed by atoms with Crippen LogP contribution < -0.4 is 4.90 Å². The summed E-state index contributed by atoms with van der Waals surface area (Å²) in [5, 5.41) is 0.654. The van der Waals surface area contributed by atoms with Crippen molar-refractivity contribution < 1.29 is 4.79 Å². The van der Waals surface area contributed by atoms with Gasteiger partial charge in [0.2, 0.25) is 0 Å². The molecule has 0 aromatic heterocycles. The Morgan fingerprint density at radius 1 is 0.786 bits per heavy atom. The van der Waals surface area contributed by atoms with Gasteiger partial charge in [-0.3, -0.25) is 9.69 Å². The Morgan fingerprint density at radius 2 is 1.39 bits per heavy atom. The highest BCUT2D eigenvalue weighted by molar-refractivity contribution is 8.19. The molecule has 0 N–H and O–H groups in total. The molecule has 3 nitrogen and oxygen atoms in total. The minimum absolute atomic E-state index is 0.0661. The standard InChI is InChI=1S/C24H18N2OS/c27-23-22(18-10-13-19-11-4-1-5-12-19)28-24(25-20-14-6-2-7-15-20)26(23)21-16-8-3-9-17-21/h1-18H/b13-10+,22-18+,25-24?. The first-order chi connectivity index (χ1) is 13.8.